The van der Waals surface area contributed by atoms with Crippen LogP contribution in [0.1, 0.15) is 92.4 Å². The van der Waals surface area contributed by atoms with E-state index in [1.54, 1.807) is 0 Å². The van der Waals surface area contributed by atoms with Gasteiger partial charge < -0.3 is 11.1 Å². The first kappa shape index (κ1) is 22.3. The third kappa shape index (κ3) is 6.24. The molecule has 0 aromatic carbocycles. The Balaban J connectivity index is 2.12. The highest BCUT2D eigenvalue weighted by atomic mass is 15.6. The zero-order chi connectivity index (χ0) is 20.2. The van der Waals surface area contributed by atoms with Crippen LogP contribution >= 0.6 is 0 Å². The molecular weight excluding hydrogens is 336 g/mol. The van der Waals surface area contributed by atoms with Crippen molar-refractivity contribution in [3.63, 3.8) is 0 Å². The lowest BCUT2D eigenvalue weighted by molar-refractivity contribution is 0.181. The zero-order valence-electron chi connectivity index (χ0n) is 18.6. The molecule has 1 heterocycles. The van der Waals surface area contributed by atoms with Crippen molar-refractivity contribution in [1.29, 1.82) is 0 Å². The second-order valence-corrected chi connectivity index (χ2v) is 10.8. The summed E-state index contributed by atoms with van der Waals surface area (Å²) >= 11 is 0. The lowest BCUT2D eigenvalue weighted by Crippen LogP contribution is -2.39. The standard InChI is InChI=1S/C21H42N6/c1-15(2)18(23-13-17-10-8-9-16(11-17)12-22)19-24-25-26-27(19)21(6,7)14-20(3,4)5/h15-18,23H,8-14,22H2,1-7H3. The van der Waals surface area contributed by atoms with Crippen molar-refractivity contribution in [1.82, 2.24) is 25.5 Å². The molecule has 0 bridgehead atoms. The molecule has 1 aliphatic rings. The summed E-state index contributed by atoms with van der Waals surface area (Å²) < 4.78 is 2.06. The van der Waals surface area contributed by atoms with Gasteiger partial charge in [-0.25, -0.2) is 4.68 Å². The van der Waals surface area contributed by atoms with Crippen molar-refractivity contribution in [3.05, 3.63) is 5.82 Å². The summed E-state index contributed by atoms with van der Waals surface area (Å²) in [6.07, 6.45) is 6.16. The second kappa shape index (κ2) is 8.99. The molecule has 0 aliphatic heterocycles. The van der Waals surface area contributed by atoms with Crippen LogP contribution in [0, 0.1) is 23.2 Å². The lowest BCUT2D eigenvalue weighted by atomic mass is 9.81. The summed E-state index contributed by atoms with van der Waals surface area (Å²) in [4.78, 5) is 0. The van der Waals surface area contributed by atoms with Crippen LogP contribution < -0.4 is 11.1 Å². The molecule has 1 saturated carbocycles. The zero-order valence-corrected chi connectivity index (χ0v) is 18.6. The molecule has 1 aliphatic carbocycles. The van der Waals surface area contributed by atoms with E-state index in [2.05, 4.69) is 74.0 Å². The Morgan fingerprint density at radius 3 is 2.41 bits per heavy atom. The van der Waals surface area contributed by atoms with Gasteiger partial charge >= 0.3 is 0 Å². The van der Waals surface area contributed by atoms with Crippen LogP contribution in [0.2, 0.25) is 0 Å². The summed E-state index contributed by atoms with van der Waals surface area (Å²) in [5.74, 6) is 2.79. The van der Waals surface area contributed by atoms with Gasteiger partial charge in [0.15, 0.2) is 5.82 Å². The largest absolute Gasteiger partial charge is 0.330 e. The molecule has 1 aromatic rings. The minimum absolute atomic E-state index is 0.124. The Morgan fingerprint density at radius 2 is 1.81 bits per heavy atom. The van der Waals surface area contributed by atoms with Crippen molar-refractivity contribution in [3.8, 4) is 0 Å². The van der Waals surface area contributed by atoms with E-state index in [1.807, 2.05) is 0 Å². The van der Waals surface area contributed by atoms with Crippen LogP contribution in [0.3, 0.4) is 0 Å². The van der Waals surface area contributed by atoms with Crippen molar-refractivity contribution in [2.75, 3.05) is 13.1 Å². The molecule has 6 heteroatoms. The van der Waals surface area contributed by atoms with E-state index in [9.17, 15) is 0 Å². The fourth-order valence-electron chi connectivity index (χ4n) is 4.91. The Labute approximate surface area is 166 Å². The van der Waals surface area contributed by atoms with Crippen LogP contribution in [0.5, 0.6) is 0 Å². The molecule has 0 radical (unpaired) electrons. The predicted molar refractivity (Wildman–Crippen MR) is 111 cm³/mol. The SMILES string of the molecule is CC(C)C(NCC1CCCC(CN)C1)c1nnnn1C(C)(C)CC(C)(C)C. The van der Waals surface area contributed by atoms with E-state index in [0.717, 1.165) is 25.3 Å². The van der Waals surface area contributed by atoms with Gasteiger partial charge in [-0.05, 0) is 86.2 Å². The molecule has 2 rings (SSSR count). The maximum atomic E-state index is 5.91. The number of tetrazole rings is 1. The Hall–Kier alpha value is -1.01. The van der Waals surface area contributed by atoms with Crippen LogP contribution in [0.4, 0.5) is 0 Å². The lowest BCUT2D eigenvalue weighted by Gasteiger charge is -2.35. The number of nitrogens with zero attached hydrogens (tertiary/aromatic N) is 4. The number of hydrogen-bond acceptors (Lipinski definition) is 5. The monoisotopic (exact) mass is 378 g/mol. The fourth-order valence-corrected chi connectivity index (χ4v) is 4.91. The maximum Gasteiger partial charge on any atom is 0.169 e. The van der Waals surface area contributed by atoms with E-state index in [0.29, 0.717) is 17.8 Å². The van der Waals surface area contributed by atoms with Crippen molar-refractivity contribution < 1.29 is 0 Å². The molecule has 27 heavy (non-hydrogen) atoms. The summed E-state index contributed by atoms with van der Waals surface area (Å²) in [5, 5.41) is 16.7. The smallest absolute Gasteiger partial charge is 0.169 e. The molecule has 3 atom stereocenters. The van der Waals surface area contributed by atoms with Crippen molar-refractivity contribution in [2.24, 2.45) is 28.9 Å². The number of aromatic nitrogens is 4. The third-order valence-corrected chi connectivity index (χ3v) is 5.83. The third-order valence-electron chi connectivity index (χ3n) is 5.83. The molecule has 0 amide bonds. The Bertz CT molecular complexity index is 571. The van der Waals surface area contributed by atoms with Gasteiger partial charge in [0.2, 0.25) is 0 Å². The van der Waals surface area contributed by atoms with Crippen LogP contribution in [0.25, 0.3) is 0 Å². The van der Waals surface area contributed by atoms with Crippen molar-refractivity contribution in [2.45, 2.75) is 92.2 Å². The topological polar surface area (TPSA) is 81.7 Å². The van der Waals surface area contributed by atoms with Gasteiger partial charge in [-0.2, -0.15) is 0 Å². The molecule has 3 unspecified atom stereocenters. The first-order valence-electron chi connectivity index (χ1n) is 10.8. The minimum atomic E-state index is -0.124. The van der Waals surface area contributed by atoms with Crippen LogP contribution in [-0.4, -0.2) is 33.3 Å². The fraction of sp³-hybridized carbons (Fsp3) is 0.952. The normalized spacial score (nSPS) is 23.0. The van der Waals surface area contributed by atoms with Gasteiger partial charge in [-0.3, -0.25) is 0 Å². The molecule has 156 valence electrons. The molecule has 6 nitrogen and oxygen atoms in total. The first-order valence-corrected chi connectivity index (χ1v) is 10.8. The van der Waals surface area contributed by atoms with E-state index in [-0.39, 0.29) is 17.0 Å². The van der Waals surface area contributed by atoms with E-state index in [4.69, 9.17) is 5.73 Å². The van der Waals surface area contributed by atoms with Gasteiger partial charge in [0.25, 0.3) is 0 Å². The van der Waals surface area contributed by atoms with Gasteiger partial charge in [-0.1, -0.05) is 41.0 Å². The highest BCUT2D eigenvalue weighted by Crippen LogP contribution is 2.34. The molecule has 0 saturated heterocycles. The van der Waals surface area contributed by atoms with Gasteiger partial charge in [0.05, 0.1) is 11.6 Å². The summed E-state index contributed by atoms with van der Waals surface area (Å²) in [7, 11) is 0. The van der Waals surface area contributed by atoms with E-state index in [1.165, 1.54) is 25.7 Å². The Kier molecular flexibility index (Phi) is 7.42. The number of nitrogens with two attached hydrogens (primary N) is 1. The maximum absolute atomic E-state index is 5.91. The molecule has 1 aromatic heterocycles. The van der Waals surface area contributed by atoms with Crippen LogP contribution in [0.15, 0.2) is 0 Å². The predicted octanol–water partition coefficient (Wildman–Crippen LogP) is 3.90. The average Bonchev–Trinajstić information content (AvgIpc) is 3.03. The summed E-state index contributed by atoms with van der Waals surface area (Å²) in [6.45, 7) is 17.6. The Morgan fingerprint density at radius 1 is 1.15 bits per heavy atom. The number of rotatable bonds is 8. The minimum Gasteiger partial charge on any atom is -0.330 e. The first-order chi connectivity index (χ1) is 12.5. The summed E-state index contributed by atoms with van der Waals surface area (Å²) in [6, 6.07) is 0.164. The van der Waals surface area contributed by atoms with Crippen LogP contribution in [-0.2, 0) is 5.54 Å². The number of nitrogens with one attached hydrogen (secondary N) is 1. The molecule has 0 spiro atoms. The molecular formula is C21H42N6. The highest BCUT2D eigenvalue weighted by Gasteiger charge is 2.34. The molecule has 3 N–H and O–H groups in total. The number of hydrogen-bond donors (Lipinski definition) is 2. The average molecular weight is 379 g/mol. The second-order valence-electron chi connectivity index (χ2n) is 10.8. The van der Waals surface area contributed by atoms with Crippen molar-refractivity contribution >= 4 is 0 Å². The highest BCUT2D eigenvalue weighted by molar-refractivity contribution is 4.99. The van der Waals surface area contributed by atoms with E-state index < -0.39 is 0 Å². The van der Waals surface area contributed by atoms with E-state index >= 15 is 0 Å². The van der Waals surface area contributed by atoms with Gasteiger partial charge in [-0.15, -0.1) is 5.10 Å². The van der Waals surface area contributed by atoms with Gasteiger partial charge in [0.1, 0.15) is 0 Å². The molecule has 1 fully saturated rings. The quantitative estimate of drug-likeness (QED) is 0.717. The summed E-state index contributed by atoms with van der Waals surface area (Å²) in [5.41, 5.74) is 6.01. The van der Waals surface area contributed by atoms with Gasteiger partial charge in [0, 0.05) is 0 Å².